The van der Waals surface area contributed by atoms with Crippen LogP contribution >= 0.6 is 10.6 Å². The first-order valence-electron chi connectivity index (χ1n) is 4.11. The van der Waals surface area contributed by atoms with E-state index in [4.69, 9.17) is 0 Å². The first-order chi connectivity index (χ1) is 6.46. The monoisotopic (exact) mass is 210 g/mol. The largest absolute Gasteiger partial charge is 0.295 e. The Kier molecular flexibility index (Phi) is 3.16. The fourth-order valence-electron chi connectivity index (χ4n) is 1.23. The van der Waals surface area contributed by atoms with Gasteiger partial charge in [0.25, 0.3) is 0 Å². The Morgan fingerprint density at radius 3 is 2.50 bits per heavy atom. The second kappa shape index (κ2) is 4.00. The van der Waals surface area contributed by atoms with Gasteiger partial charge in [0.1, 0.15) is 0 Å². The summed E-state index contributed by atoms with van der Waals surface area (Å²) < 4.78 is 19.2. The quantitative estimate of drug-likeness (QED) is 0.781. The molecule has 0 amide bonds. The van der Waals surface area contributed by atoms with Gasteiger partial charge in [0, 0.05) is 11.5 Å². The zero-order chi connectivity index (χ0) is 10.8. The second-order valence-corrected chi connectivity index (χ2v) is 5.17. The van der Waals surface area contributed by atoms with Crippen molar-refractivity contribution in [2.24, 2.45) is 0 Å². The molecule has 0 aliphatic carbocycles. The van der Waals surface area contributed by atoms with Gasteiger partial charge in [-0.1, -0.05) is 37.4 Å². The zero-order valence-electron chi connectivity index (χ0n) is 8.10. The van der Waals surface area contributed by atoms with E-state index in [1.165, 1.54) is 6.26 Å². The van der Waals surface area contributed by atoms with Crippen LogP contribution in [0.15, 0.2) is 35.7 Å². The maximum absolute atomic E-state index is 9.58. The minimum absolute atomic E-state index is 0.518. The molecule has 1 aromatic rings. The molecule has 1 aromatic carbocycles. The van der Waals surface area contributed by atoms with Crippen LogP contribution in [0.1, 0.15) is 0 Å². The first-order valence-corrected chi connectivity index (χ1v) is 6.06. The van der Waals surface area contributed by atoms with E-state index in [0.29, 0.717) is 4.90 Å². The van der Waals surface area contributed by atoms with Gasteiger partial charge in [-0.05, 0) is 11.3 Å². The maximum Gasteiger partial charge on any atom is 0.0658 e. The smallest absolute Gasteiger partial charge is 0.0658 e. The van der Waals surface area contributed by atoms with E-state index in [1.807, 2.05) is 6.07 Å². The molecule has 0 saturated heterocycles. The molecule has 0 saturated carbocycles. The van der Waals surface area contributed by atoms with E-state index in [2.05, 4.69) is 13.2 Å². The molecule has 0 atom stereocenters. The summed E-state index contributed by atoms with van der Waals surface area (Å²) in [6.45, 7) is 7.41. The van der Waals surface area contributed by atoms with E-state index >= 15 is 0 Å². The van der Waals surface area contributed by atoms with Crippen molar-refractivity contribution >= 4 is 23.2 Å². The molecule has 2 N–H and O–H groups in total. The standard InChI is InChI=1S/C11H14O2S/c1-4-6-10-9(2)7-5-8-11(10)14(3,12)13/h4-8,12-13H,1-2H2,3H3/b10-6+. The van der Waals surface area contributed by atoms with E-state index in [0.717, 1.165) is 10.4 Å². The van der Waals surface area contributed by atoms with Crippen LogP contribution < -0.4 is 10.4 Å². The average Bonchev–Trinajstić information content (AvgIpc) is 2.07. The van der Waals surface area contributed by atoms with Crippen LogP contribution in [0.5, 0.6) is 0 Å². The fourth-order valence-corrected chi connectivity index (χ4v) is 2.19. The van der Waals surface area contributed by atoms with Crippen molar-refractivity contribution in [3.8, 4) is 0 Å². The van der Waals surface area contributed by atoms with Gasteiger partial charge in [-0.3, -0.25) is 9.11 Å². The van der Waals surface area contributed by atoms with Crippen molar-refractivity contribution in [1.82, 2.24) is 0 Å². The van der Waals surface area contributed by atoms with Crippen LogP contribution in [0.25, 0.3) is 12.7 Å². The van der Waals surface area contributed by atoms with Crippen molar-refractivity contribution in [3.05, 3.63) is 41.3 Å². The van der Waals surface area contributed by atoms with E-state index in [9.17, 15) is 9.11 Å². The second-order valence-electron chi connectivity index (χ2n) is 3.06. The summed E-state index contributed by atoms with van der Waals surface area (Å²) >= 11 is 0. The predicted octanol–water partition coefficient (Wildman–Crippen LogP) is 1.80. The van der Waals surface area contributed by atoms with Gasteiger partial charge in [-0.25, -0.2) is 0 Å². The third-order valence-corrected chi connectivity index (χ3v) is 3.05. The molecule has 0 radical (unpaired) electrons. The molecule has 0 unspecified atom stereocenters. The van der Waals surface area contributed by atoms with Crippen LogP contribution in [0.4, 0.5) is 0 Å². The average molecular weight is 210 g/mol. The number of allylic oxidation sites excluding steroid dienone is 1. The lowest BCUT2D eigenvalue weighted by Gasteiger charge is -2.27. The summed E-state index contributed by atoms with van der Waals surface area (Å²) in [5.41, 5.74) is 0. The van der Waals surface area contributed by atoms with Crippen LogP contribution in [0.3, 0.4) is 0 Å². The van der Waals surface area contributed by atoms with Crippen molar-refractivity contribution in [1.29, 1.82) is 0 Å². The summed E-state index contributed by atoms with van der Waals surface area (Å²) in [6.07, 6.45) is 4.75. The first kappa shape index (κ1) is 11.0. The van der Waals surface area contributed by atoms with Gasteiger partial charge in [-0.15, -0.1) is 0 Å². The normalized spacial score (nSPS) is 14.1. The summed E-state index contributed by atoms with van der Waals surface area (Å²) in [5, 5.41) is 1.51. The van der Waals surface area contributed by atoms with Crippen molar-refractivity contribution < 1.29 is 9.11 Å². The Hall–Kier alpha value is -1.03. The van der Waals surface area contributed by atoms with Gasteiger partial charge < -0.3 is 0 Å². The molecule has 3 heteroatoms. The van der Waals surface area contributed by atoms with E-state index in [1.54, 1.807) is 24.3 Å². The van der Waals surface area contributed by atoms with Crippen LogP contribution in [-0.2, 0) is 0 Å². The van der Waals surface area contributed by atoms with Crippen LogP contribution in [-0.4, -0.2) is 15.4 Å². The number of rotatable bonds is 2. The highest BCUT2D eigenvalue weighted by molar-refractivity contribution is 8.23. The molecule has 0 spiro atoms. The van der Waals surface area contributed by atoms with Crippen LogP contribution in [0, 0.1) is 0 Å². The molecular weight excluding hydrogens is 196 g/mol. The lowest BCUT2D eigenvalue weighted by Crippen LogP contribution is -2.27. The third kappa shape index (κ3) is 2.26. The molecule has 14 heavy (non-hydrogen) atoms. The maximum atomic E-state index is 9.58. The minimum Gasteiger partial charge on any atom is -0.295 e. The molecule has 0 aromatic heterocycles. The van der Waals surface area contributed by atoms with Crippen molar-refractivity contribution in [2.45, 2.75) is 4.90 Å². The van der Waals surface area contributed by atoms with Gasteiger partial charge in [0.2, 0.25) is 0 Å². The Labute approximate surface area is 85.3 Å². The third-order valence-electron chi connectivity index (χ3n) is 1.86. The number of hydrogen-bond acceptors (Lipinski definition) is 2. The Balaban J connectivity index is 3.61. The summed E-state index contributed by atoms with van der Waals surface area (Å²) in [6, 6.07) is 5.28. The number of benzene rings is 1. The predicted molar refractivity (Wildman–Crippen MR) is 62.9 cm³/mol. The molecule has 0 aliphatic rings. The summed E-state index contributed by atoms with van der Waals surface area (Å²) in [4.78, 5) is 0.518. The van der Waals surface area contributed by atoms with E-state index < -0.39 is 10.6 Å². The fraction of sp³-hybridized carbons (Fsp3) is 0.0909. The molecular formula is C11H14O2S. The van der Waals surface area contributed by atoms with Gasteiger partial charge in [-0.2, -0.15) is 10.6 Å². The minimum atomic E-state index is -2.70. The molecule has 0 bridgehead atoms. The molecule has 0 aliphatic heterocycles. The lowest BCUT2D eigenvalue weighted by atomic mass is 10.2. The van der Waals surface area contributed by atoms with Gasteiger partial charge in [0.05, 0.1) is 4.90 Å². The highest BCUT2D eigenvalue weighted by Crippen LogP contribution is 2.40. The Bertz CT molecular complexity index is 443. The lowest BCUT2D eigenvalue weighted by molar-refractivity contribution is 0.494. The number of hydrogen-bond donors (Lipinski definition) is 2. The molecule has 76 valence electrons. The van der Waals surface area contributed by atoms with Crippen LogP contribution in [0.2, 0.25) is 0 Å². The molecule has 2 nitrogen and oxygen atoms in total. The summed E-state index contributed by atoms with van der Waals surface area (Å²) in [7, 11) is -2.70. The molecule has 0 heterocycles. The van der Waals surface area contributed by atoms with Crippen molar-refractivity contribution in [3.63, 3.8) is 0 Å². The zero-order valence-corrected chi connectivity index (χ0v) is 8.92. The molecule has 0 fully saturated rings. The Morgan fingerprint density at radius 1 is 1.36 bits per heavy atom. The van der Waals surface area contributed by atoms with E-state index in [-0.39, 0.29) is 0 Å². The highest BCUT2D eigenvalue weighted by Gasteiger charge is 2.09. The summed E-state index contributed by atoms with van der Waals surface area (Å²) in [5.74, 6) is 0. The SMILES string of the molecule is C=C/C=c1/c(S(C)(O)O)cccc1=C. The topological polar surface area (TPSA) is 40.5 Å². The Morgan fingerprint density at radius 2 is 2.00 bits per heavy atom. The molecule has 1 rings (SSSR count). The highest BCUT2D eigenvalue weighted by atomic mass is 32.3. The van der Waals surface area contributed by atoms with Gasteiger partial charge in [0.15, 0.2) is 0 Å². The van der Waals surface area contributed by atoms with Crippen molar-refractivity contribution in [2.75, 3.05) is 6.26 Å². The van der Waals surface area contributed by atoms with Gasteiger partial charge >= 0.3 is 0 Å².